The van der Waals surface area contributed by atoms with Crippen molar-refractivity contribution in [1.29, 1.82) is 0 Å². The van der Waals surface area contributed by atoms with Gasteiger partial charge in [-0.25, -0.2) is 16.8 Å². The molecule has 1 rings (SSSR count). The highest BCUT2D eigenvalue weighted by molar-refractivity contribution is 7.92. The fourth-order valence-electron chi connectivity index (χ4n) is 2.15. The van der Waals surface area contributed by atoms with E-state index in [2.05, 4.69) is 0 Å². The first kappa shape index (κ1) is 13.9. The van der Waals surface area contributed by atoms with Crippen LogP contribution in [-0.2, 0) is 19.7 Å². The van der Waals surface area contributed by atoms with E-state index in [1.807, 2.05) is 0 Å². The van der Waals surface area contributed by atoms with Crippen LogP contribution in [0.25, 0.3) is 0 Å². The molecule has 7 heteroatoms. The second-order valence-corrected chi connectivity index (χ2v) is 9.12. The van der Waals surface area contributed by atoms with E-state index in [0.29, 0.717) is 19.3 Å². The molecule has 0 heterocycles. The highest BCUT2D eigenvalue weighted by Gasteiger charge is 2.35. The van der Waals surface area contributed by atoms with Crippen molar-refractivity contribution in [1.82, 2.24) is 0 Å². The Morgan fingerprint density at radius 1 is 1.12 bits per heavy atom. The zero-order chi connectivity index (χ0) is 12.4. The molecule has 1 aliphatic carbocycles. The molecule has 0 amide bonds. The third kappa shape index (κ3) is 3.43. The summed E-state index contributed by atoms with van der Waals surface area (Å²) < 4.78 is 46.4. The van der Waals surface area contributed by atoms with E-state index in [0.717, 1.165) is 0 Å². The van der Waals surface area contributed by atoms with Crippen LogP contribution in [0.4, 0.5) is 0 Å². The van der Waals surface area contributed by atoms with Crippen molar-refractivity contribution >= 4 is 19.7 Å². The van der Waals surface area contributed by atoms with E-state index in [9.17, 15) is 16.8 Å². The van der Waals surface area contributed by atoms with Gasteiger partial charge in [-0.3, -0.25) is 0 Å². The van der Waals surface area contributed by atoms with Gasteiger partial charge in [-0.15, -0.1) is 0 Å². The molecule has 0 saturated heterocycles. The number of nitrogens with two attached hydrogens (primary N) is 1. The van der Waals surface area contributed by atoms with E-state index in [1.54, 1.807) is 0 Å². The zero-order valence-electron chi connectivity index (χ0n) is 9.42. The lowest BCUT2D eigenvalue weighted by atomic mass is 10.00. The molecule has 2 atom stereocenters. The van der Waals surface area contributed by atoms with Gasteiger partial charge >= 0.3 is 0 Å². The van der Waals surface area contributed by atoms with E-state index in [-0.39, 0.29) is 18.7 Å². The van der Waals surface area contributed by atoms with Crippen LogP contribution in [0, 0.1) is 0 Å². The molecule has 16 heavy (non-hydrogen) atoms. The number of hydrogen-bond acceptors (Lipinski definition) is 5. The first-order chi connectivity index (χ1) is 7.27. The highest BCUT2D eigenvalue weighted by atomic mass is 32.2. The molecule has 0 spiro atoms. The summed E-state index contributed by atoms with van der Waals surface area (Å²) in [5.41, 5.74) is 5.24. The Morgan fingerprint density at radius 3 is 2.19 bits per heavy atom. The summed E-state index contributed by atoms with van der Waals surface area (Å²) in [6.45, 7) is 0.0996. The summed E-state index contributed by atoms with van der Waals surface area (Å²) in [6.07, 6.45) is 3.21. The summed E-state index contributed by atoms with van der Waals surface area (Å²) in [6, 6.07) is 0. The van der Waals surface area contributed by atoms with Gasteiger partial charge in [-0.05, 0) is 19.3 Å². The molecule has 0 radical (unpaired) electrons. The topological polar surface area (TPSA) is 94.3 Å². The number of hydrogen-bond donors (Lipinski definition) is 1. The van der Waals surface area contributed by atoms with Gasteiger partial charge in [-0.2, -0.15) is 0 Å². The van der Waals surface area contributed by atoms with E-state index >= 15 is 0 Å². The van der Waals surface area contributed by atoms with Gasteiger partial charge in [0.05, 0.1) is 16.3 Å². The van der Waals surface area contributed by atoms with Crippen LogP contribution >= 0.6 is 0 Å². The fraction of sp³-hybridized carbons (Fsp3) is 1.00. The van der Waals surface area contributed by atoms with E-state index in [4.69, 9.17) is 5.73 Å². The van der Waals surface area contributed by atoms with Crippen molar-refractivity contribution < 1.29 is 16.8 Å². The Labute approximate surface area is 97.2 Å². The standard InChI is InChI=1S/C9H19NO4S2/c1-15(11,12)8-3-2-4-9(7-8)16(13,14)6-5-10/h8-9H,2-7,10H2,1H3. The van der Waals surface area contributed by atoms with Gasteiger partial charge in [0, 0.05) is 12.8 Å². The molecular weight excluding hydrogens is 250 g/mol. The first-order valence-corrected chi connectivity index (χ1v) is 9.05. The molecule has 5 nitrogen and oxygen atoms in total. The lowest BCUT2D eigenvalue weighted by molar-refractivity contribution is 0.473. The summed E-state index contributed by atoms with van der Waals surface area (Å²) in [7, 11) is -6.35. The van der Waals surface area contributed by atoms with Crippen molar-refractivity contribution in [3.05, 3.63) is 0 Å². The second kappa shape index (κ2) is 5.01. The van der Waals surface area contributed by atoms with Crippen LogP contribution < -0.4 is 5.73 Å². The second-order valence-electron chi connectivity index (χ2n) is 4.40. The summed E-state index contributed by atoms with van der Waals surface area (Å²) in [5, 5.41) is -1.02. The van der Waals surface area contributed by atoms with Crippen molar-refractivity contribution in [2.45, 2.75) is 36.2 Å². The lowest BCUT2D eigenvalue weighted by Gasteiger charge is -2.27. The van der Waals surface area contributed by atoms with Gasteiger partial charge in [0.1, 0.15) is 9.84 Å². The summed E-state index contributed by atoms with van der Waals surface area (Å²) in [5.74, 6) is -0.0475. The maximum atomic E-state index is 11.8. The van der Waals surface area contributed by atoms with Crippen molar-refractivity contribution in [3.63, 3.8) is 0 Å². The third-order valence-electron chi connectivity index (χ3n) is 3.09. The monoisotopic (exact) mass is 269 g/mol. The SMILES string of the molecule is CS(=O)(=O)C1CCCC(S(=O)(=O)CCN)C1. The molecule has 2 unspecified atom stereocenters. The molecule has 96 valence electrons. The molecule has 0 aromatic rings. The van der Waals surface area contributed by atoms with Crippen molar-refractivity contribution in [2.75, 3.05) is 18.6 Å². The molecule has 0 bridgehead atoms. The maximum absolute atomic E-state index is 11.8. The Bertz CT molecular complexity index is 426. The predicted molar refractivity (Wildman–Crippen MR) is 63.7 cm³/mol. The highest BCUT2D eigenvalue weighted by Crippen LogP contribution is 2.28. The van der Waals surface area contributed by atoms with Crippen LogP contribution in [0.5, 0.6) is 0 Å². The predicted octanol–water partition coefficient (Wildman–Crippen LogP) is -0.284. The molecular formula is C9H19NO4S2. The van der Waals surface area contributed by atoms with E-state index in [1.165, 1.54) is 6.26 Å². The van der Waals surface area contributed by atoms with Crippen LogP contribution in [0.3, 0.4) is 0 Å². The lowest BCUT2D eigenvalue weighted by Crippen LogP contribution is -2.36. The molecule has 1 saturated carbocycles. The molecule has 1 aliphatic rings. The van der Waals surface area contributed by atoms with Gasteiger partial charge in [0.2, 0.25) is 0 Å². The minimum absolute atomic E-state index is 0.0475. The van der Waals surface area contributed by atoms with Crippen LogP contribution in [0.2, 0.25) is 0 Å². The third-order valence-corrected chi connectivity index (χ3v) is 6.98. The first-order valence-electron chi connectivity index (χ1n) is 5.38. The van der Waals surface area contributed by atoms with Gasteiger partial charge < -0.3 is 5.73 Å². The minimum Gasteiger partial charge on any atom is -0.329 e. The van der Waals surface area contributed by atoms with Gasteiger partial charge in [0.15, 0.2) is 9.84 Å². The van der Waals surface area contributed by atoms with Crippen LogP contribution in [0.1, 0.15) is 25.7 Å². The Kier molecular flexibility index (Phi) is 4.36. The van der Waals surface area contributed by atoms with Gasteiger partial charge in [0.25, 0.3) is 0 Å². The largest absolute Gasteiger partial charge is 0.329 e. The normalized spacial score (nSPS) is 27.9. The Hall–Kier alpha value is -0.140. The molecule has 0 aromatic carbocycles. The minimum atomic E-state index is -3.22. The maximum Gasteiger partial charge on any atom is 0.154 e. The van der Waals surface area contributed by atoms with E-state index < -0.39 is 30.2 Å². The molecule has 2 N–H and O–H groups in total. The van der Waals surface area contributed by atoms with Crippen LogP contribution in [0.15, 0.2) is 0 Å². The fourth-order valence-corrected chi connectivity index (χ4v) is 5.16. The average Bonchev–Trinajstić information content (AvgIpc) is 2.16. The quantitative estimate of drug-likeness (QED) is 0.757. The van der Waals surface area contributed by atoms with Crippen LogP contribution in [-0.4, -0.2) is 45.9 Å². The number of rotatable bonds is 4. The molecule has 1 fully saturated rings. The Balaban J connectivity index is 2.79. The smallest absolute Gasteiger partial charge is 0.154 e. The van der Waals surface area contributed by atoms with Crippen molar-refractivity contribution in [3.8, 4) is 0 Å². The van der Waals surface area contributed by atoms with Crippen molar-refractivity contribution in [2.24, 2.45) is 5.73 Å². The molecule has 0 aromatic heterocycles. The zero-order valence-corrected chi connectivity index (χ0v) is 11.1. The Morgan fingerprint density at radius 2 is 1.69 bits per heavy atom. The average molecular weight is 269 g/mol. The van der Waals surface area contributed by atoms with Gasteiger partial charge in [-0.1, -0.05) is 6.42 Å². The summed E-state index contributed by atoms with van der Waals surface area (Å²) >= 11 is 0. The molecule has 0 aliphatic heterocycles. The number of sulfone groups is 2. The summed E-state index contributed by atoms with van der Waals surface area (Å²) in [4.78, 5) is 0.